The lowest BCUT2D eigenvalue weighted by molar-refractivity contribution is 0.187. The summed E-state index contributed by atoms with van der Waals surface area (Å²) in [5, 5.41) is 10.1. The second-order valence-corrected chi connectivity index (χ2v) is 10.7. The van der Waals surface area contributed by atoms with Gasteiger partial charge in [0.05, 0.1) is 5.75 Å². The first-order chi connectivity index (χ1) is 7.72. The number of halogens is 3. The Labute approximate surface area is 128 Å². The van der Waals surface area contributed by atoms with Crippen molar-refractivity contribution in [2.75, 3.05) is 5.75 Å². The van der Waals surface area contributed by atoms with Crippen LogP contribution in [-0.4, -0.2) is 21.5 Å². The molecule has 0 spiro atoms. The van der Waals surface area contributed by atoms with Gasteiger partial charge in [0.15, 0.2) is 9.84 Å². The highest BCUT2D eigenvalue weighted by Gasteiger charge is 2.45. The van der Waals surface area contributed by atoms with E-state index in [1.54, 1.807) is 46.9 Å². The predicted octanol–water partition coefficient (Wildman–Crippen LogP) is 3.24. The van der Waals surface area contributed by atoms with Crippen LogP contribution >= 0.6 is 50.1 Å². The maximum Gasteiger partial charge on any atom is 0.225 e. The predicted molar refractivity (Wildman–Crippen MR) is 81.2 cm³/mol. The highest BCUT2D eigenvalue weighted by Crippen LogP contribution is 2.43. The van der Waals surface area contributed by atoms with Gasteiger partial charge >= 0.3 is 0 Å². The van der Waals surface area contributed by atoms with Crippen LogP contribution in [0.25, 0.3) is 0 Å². The second kappa shape index (κ2) is 5.73. The van der Waals surface area contributed by atoms with E-state index < -0.39 is 18.2 Å². The minimum absolute atomic E-state index is 0.118. The van der Waals surface area contributed by atoms with Crippen molar-refractivity contribution in [3.63, 3.8) is 0 Å². The molecule has 2 atom stereocenters. The molecule has 1 N–H and O–H groups in total. The molecule has 1 aromatic rings. The van der Waals surface area contributed by atoms with Crippen LogP contribution in [0.3, 0.4) is 0 Å². The number of sulfone groups is 1. The van der Waals surface area contributed by atoms with E-state index in [2.05, 4.69) is 15.9 Å². The van der Waals surface area contributed by atoms with Gasteiger partial charge in [-0.1, -0.05) is 46.6 Å². The van der Waals surface area contributed by atoms with Crippen LogP contribution in [0.1, 0.15) is 18.6 Å². The third kappa shape index (κ3) is 3.34. The van der Waals surface area contributed by atoms with Gasteiger partial charge in [-0.25, -0.2) is 8.42 Å². The molecule has 0 aromatic heterocycles. The highest BCUT2D eigenvalue weighted by molar-refractivity contribution is 14.1. The molecular formula is C10H11BrClIO3S. The van der Waals surface area contributed by atoms with Crippen LogP contribution in [-0.2, 0) is 9.84 Å². The normalized spacial score (nSPS) is 17.5. The summed E-state index contributed by atoms with van der Waals surface area (Å²) in [7, 11) is -3.56. The largest absolute Gasteiger partial charge is 0.385 e. The molecule has 0 aliphatic rings. The third-order valence-electron chi connectivity index (χ3n) is 2.30. The van der Waals surface area contributed by atoms with Crippen LogP contribution < -0.4 is 0 Å². The lowest BCUT2D eigenvalue weighted by atomic mass is 10.1. The van der Waals surface area contributed by atoms with Crippen molar-refractivity contribution in [1.29, 1.82) is 0 Å². The van der Waals surface area contributed by atoms with E-state index in [0.29, 0.717) is 5.56 Å². The molecule has 0 aliphatic carbocycles. The fraction of sp³-hybridized carbons (Fsp3) is 0.400. The van der Waals surface area contributed by atoms with Crippen LogP contribution in [0.2, 0.25) is 0 Å². The summed E-state index contributed by atoms with van der Waals surface area (Å²) in [6.07, 6.45) is -1.28. The Kier molecular flexibility index (Phi) is 5.29. The van der Waals surface area contributed by atoms with Crippen LogP contribution in [0.15, 0.2) is 28.7 Å². The number of hydrogen-bond acceptors (Lipinski definition) is 3. The Morgan fingerprint density at radius 3 is 2.35 bits per heavy atom. The summed E-state index contributed by atoms with van der Waals surface area (Å²) in [5.74, 6) is -0.118. The fourth-order valence-electron chi connectivity index (χ4n) is 1.20. The van der Waals surface area contributed by atoms with Crippen molar-refractivity contribution in [3.8, 4) is 0 Å². The standard InChI is InChI=1S/C10H11BrClIO3S/c1-2-17(15,16)10(12,13)9(14)7-3-5-8(11)6-4-7/h3-6,9,14H,2H2,1H3. The molecule has 0 saturated carbocycles. The first kappa shape index (κ1) is 15.7. The Morgan fingerprint density at radius 1 is 1.47 bits per heavy atom. The lowest BCUT2D eigenvalue weighted by Gasteiger charge is -2.25. The summed E-state index contributed by atoms with van der Waals surface area (Å²) in [4.78, 5) is 0. The molecule has 17 heavy (non-hydrogen) atoms. The van der Waals surface area contributed by atoms with Gasteiger partial charge in [0.1, 0.15) is 6.10 Å². The smallest absolute Gasteiger partial charge is 0.225 e. The summed E-state index contributed by atoms with van der Waals surface area (Å²) < 4.78 is 22.7. The summed E-state index contributed by atoms with van der Waals surface area (Å²) in [6, 6.07) is 6.72. The van der Waals surface area contributed by atoms with Crippen molar-refractivity contribution in [2.24, 2.45) is 0 Å². The van der Waals surface area contributed by atoms with Gasteiger partial charge in [-0.15, -0.1) is 0 Å². The molecule has 0 heterocycles. The number of aliphatic hydroxyl groups is 1. The quantitative estimate of drug-likeness (QED) is 0.563. The van der Waals surface area contributed by atoms with E-state index in [1.807, 2.05) is 0 Å². The summed E-state index contributed by atoms with van der Waals surface area (Å²) in [6.45, 7) is 1.50. The van der Waals surface area contributed by atoms with Crippen molar-refractivity contribution in [3.05, 3.63) is 34.3 Å². The van der Waals surface area contributed by atoms with Gasteiger partial charge in [-0.3, -0.25) is 0 Å². The van der Waals surface area contributed by atoms with Crippen LogP contribution in [0.4, 0.5) is 0 Å². The zero-order valence-corrected chi connectivity index (χ0v) is 14.2. The molecule has 1 aromatic carbocycles. The number of benzene rings is 1. The van der Waals surface area contributed by atoms with E-state index in [1.165, 1.54) is 6.92 Å². The molecule has 0 aliphatic heterocycles. The van der Waals surface area contributed by atoms with E-state index in [4.69, 9.17) is 11.6 Å². The zero-order valence-electron chi connectivity index (χ0n) is 8.90. The lowest BCUT2D eigenvalue weighted by Crippen LogP contribution is -2.34. The minimum Gasteiger partial charge on any atom is -0.385 e. The van der Waals surface area contributed by atoms with Gasteiger partial charge in [-0.2, -0.15) is 0 Å². The molecule has 0 amide bonds. The van der Waals surface area contributed by atoms with Gasteiger partial charge in [0.2, 0.25) is 2.21 Å². The first-order valence-corrected chi connectivity index (χ1v) is 8.66. The van der Waals surface area contributed by atoms with Gasteiger partial charge in [-0.05, 0) is 40.3 Å². The van der Waals surface area contributed by atoms with Crippen molar-refractivity contribution in [1.82, 2.24) is 0 Å². The second-order valence-electron chi connectivity index (χ2n) is 3.42. The van der Waals surface area contributed by atoms with Crippen molar-refractivity contribution in [2.45, 2.75) is 15.2 Å². The number of hydrogen-bond donors (Lipinski definition) is 1. The molecule has 0 saturated heterocycles. The van der Waals surface area contributed by atoms with Gasteiger partial charge in [0.25, 0.3) is 0 Å². The van der Waals surface area contributed by atoms with Gasteiger partial charge < -0.3 is 5.11 Å². The first-order valence-electron chi connectivity index (χ1n) is 4.76. The number of alkyl halides is 2. The van der Waals surface area contributed by atoms with Gasteiger partial charge in [0, 0.05) is 4.47 Å². The number of aliphatic hydroxyl groups excluding tert-OH is 1. The topological polar surface area (TPSA) is 54.4 Å². The molecular weight excluding hydrogens is 442 g/mol. The van der Waals surface area contributed by atoms with E-state index in [9.17, 15) is 13.5 Å². The summed E-state index contributed by atoms with van der Waals surface area (Å²) in [5.41, 5.74) is 0.467. The SMILES string of the molecule is CCS(=O)(=O)C(Cl)(I)C(O)c1ccc(Br)cc1. The monoisotopic (exact) mass is 452 g/mol. The molecule has 0 fully saturated rings. The maximum absolute atomic E-state index is 11.8. The molecule has 0 radical (unpaired) electrons. The third-order valence-corrected chi connectivity index (χ3v) is 8.15. The van der Waals surface area contributed by atoms with E-state index in [-0.39, 0.29) is 5.75 Å². The van der Waals surface area contributed by atoms with Crippen molar-refractivity contribution < 1.29 is 13.5 Å². The molecule has 0 bridgehead atoms. The minimum atomic E-state index is -3.56. The molecule has 1 rings (SSSR count). The van der Waals surface area contributed by atoms with Crippen LogP contribution in [0.5, 0.6) is 0 Å². The molecule has 3 nitrogen and oxygen atoms in total. The average molecular weight is 454 g/mol. The highest BCUT2D eigenvalue weighted by atomic mass is 127. The molecule has 2 unspecified atom stereocenters. The zero-order chi connectivity index (χ0) is 13.3. The Balaban J connectivity index is 3.12. The van der Waals surface area contributed by atoms with Crippen molar-refractivity contribution >= 4 is 60.0 Å². The fourth-order valence-corrected chi connectivity index (χ4v) is 4.07. The Hall–Kier alpha value is 0.630. The Bertz CT molecular complexity index is 487. The summed E-state index contributed by atoms with van der Waals surface area (Å²) >= 11 is 10.8. The van der Waals surface area contributed by atoms with Crippen LogP contribution in [0, 0.1) is 0 Å². The van der Waals surface area contributed by atoms with E-state index in [0.717, 1.165) is 4.47 Å². The Morgan fingerprint density at radius 2 is 1.94 bits per heavy atom. The van der Waals surface area contributed by atoms with E-state index >= 15 is 0 Å². The molecule has 7 heteroatoms. The maximum atomic E-state index is 11.8. The number of rotatable bonds is 4. The average Bonchev–Trinajstić information content (AvgIpc) is 2.28. The molecule has 96 valence electrons.